The third-order valence-electron chi connectivity index (χ3n) is 9.68. The van der Waals surface area contributed by atoms with E-state index >= 15 is 0 Å². The van der Waals surface area contributed by atoms with Gasteiger partial charge in [0.1, 0.15) is 0 Å². The number of benzene rings is 6. The molecule has 7 heteroatoms. The van der Waals surface area contributed by atoms with E-state index in [9.17, 15) is 11.0 Å². The van der Waals surface area contributed by atoms with Crippen LogP contribution in [0.3, 0.4) is 0 Å². The summed E-state index contributed by atoms with van der Waals surface area (Å²) in [4.78, 5) is 18.7. The van der Waals surface area contributed by atoms with Crippen LogP contribution >= 0.6 is 0 Å². The van der Waals surface area contributed by atoms with Gasteiger partial charge in [-0.1, -0.05) is 115 Å². The maximum Gasteiger partial charge on any atom is 0.235 e. The van der Waals surface area contributed by atoms with Crippen molar-refractivity contribution in [2.45, 2.75) is 0 Å². The van der Waals surface area contributed by atoms with E-state index in [0.717, 1.165) is 4.57 Å². The molecule has 0 N–H and O–H groups in total. The molecule has 0 atom stereocenters. The molecule has 0 saturated carbocycles. The number of fused-ring (bicyclic) bond motifs is 9. The number of pyridine rings is 2. The molecule has 0 bridgehead atoms. The predicted molar refractivity (Wildman–Crippen MR) is 232 cm³/mol. The second-order valence-electron chi connectivity index (χ2n) is 12.7. The quantitative estimate of drug-likeness (QED) is 0.176. The number of nitrogens with zero attached hydrogens (tertiary/aromatic N) is 7. The minimum Gasteiger partial charge on any atom is -0.305 e. The molecule has 0 aliphatic heterocycles. The average molecular weight is 752 g/mol. The van der Waals surface area contributed by atoms with Crippen molar-refractivity contribution in [1.82, 2.24) is 33.6 Å². The summed E-state index contributed by atoms with van der Waals surface area (Å²) in [6, 6.07) is -5.03. The Kier molecular flexibility index (Phi) is 3.64. The highest BCUT2D eigenvalue weighted by molar-refractivity contribution is 6.11. The molecular formula is C50H31N7. The SMILES string of the molecule is [2H]c1c(-c2cccc(-n3c4cccnc4c4c([2H])c([2H])c([2H])c([2H])c43)c2-n2c3cccnc3c3c([2H])c([2H])c([2H])c([2H])c32)nc(-n2c3c([2H])c([2H])c([2H])c([2H])c3c3c([2H])c([2H])c([2H])c([2H])c32)nc1-c1c([2H])c([2H])c([2H])c([2H])c1[2H]. The summed E-state index contributed by atoms with van der Waals surface area (Å²) in [7, 11) is 0. The van der Waals surface area contributed by atoms with E-state index in [1.54, 1.807) is 18.2 Å². The van der Waals surface area contributed by atoms with E-state index in [1.807, 2.05) is 0 Å². The average Bonchev–Trinajstić information content (AvgIpc) is 3.30. The van der Waals surface area contributed by atoms with Crippen molar-refractivity contribution in [2.24, 2.45) is 0 Å². The molecule has 12 aromatic rings. The standard InChI is InChI=1S/C50H31N7/c1-2-15-32(16-3-1)38-31-39(54-50(53-38)57-40-22-8-4-17-33(40)34-18-5-9-23-41(34)57)35-21-12-26-46(55-42-24-10-6-19-36(42)47-44(55)27-13-29-51-47)49(35)56-43-25-11-7-20-37(43)48-45(56)28-14-30-52-48/h1-31H/i1D,2D,3D,4D,5D,6D,7D,8D,9D,10D,11D,15D,16D,17D,18D,19D,20D,22D,23D,24D,25D,31D. The van der Waals surface area contributed by atoms with E-state index in [4.69, 9.17) is 24.2 Å². The summed E-state index contributed by atoms with van der Waals surface area (Å²) in [5.74, 6) is -0.708. The lowest BCUT2D eigenvalue weighted by Crippen LogP contribution is -2.08. The zero-order chi connectivity index (χ0) is 56.6. The first-order chi connectivity index (χ1) is 37.5. The molecule has 6 aromatic carbocycles. The summed E-state index contributed by atoms with van der Waals surface area (Å²) in [5.41, 5.74) is -2.94. The smallest absolute Gasteiger partial charge is 0.235 e. The Hall–Kier alpha value is -7.90. The molecule has 0 unspecified atom stereocenters. The van der Waals surface area contributed by atoms with Gasteiger partial charge in [-0.25, -0.2) is 9.97 Å². The largest absolute Gasteiger partial charge is 0.305 e. The van der Waals surface area contributed by atoms with Crippen LogP contribution in [0.15, 0.2) is 188 Å². The van der Waals surface area contributed by atoms with Crippen molar-refractivity contribution < 1.29 is 30.2 Å². The number of aromatic nitrogens is 7. The first-order valence-corrected chi connectivity index (χ1v) is 17.3. The zero-order valence-corrected chi connectivity index (χ0v) is 28.8. The molecule has 266 valence electrons. The minimum absolute atomic E-state index is 0.00499. The summed E-state index contributed by atoms with van der Waals surface area (Å²) < 4.78 is 202. The molecule has 0 radical (unpaired) electrons. The Balaban J connectivity index is 1.37. The second-order valence-corrected chi connectivity index (χ2v) is 12.7. The van der Waals surface area contributed by atoms with Gasteiger partial charge in [-0.3, -0.25) is 14.5 Å². The fraction of sp³-hybridized carbons (Fsp3) is 0. The molecule has 12 rings (SSSR count). The van der Waals surface area contributed by atoms with Gasteiger partial charge in [-0.05, 0) is 60.5 Å². The topological polar surface area (TPSA) is 66.3 Å². The lowest BCUT2D eigenvalue weighted by atomic mass is 10.0. The molecule has 6 heterocycles. The summed E-state index contributed by atoms with van der Waals surface area (Å²) in [6.45, 7) is 0. The summed E-state index contributed by atoms with van der Waals surface area (Å²) >= 11 is 0. The van der Waals surface area contributed by atoms with Crippen LogP contribution in [0.1, 0.15) is 30.2 Å². The van der Waals surface area contributed by atoms with Crippen molar-refractivity contribution >= 4 is 65.7 Å². The Morgan fingerprint density at radius 3 is 1.56 bits per heavy atom. The summed E-state index contributed by atoms with van der Waals surface area (Å²) in [6.07, 6.45) is 2.82. The van der Waals surface area contributed by atoms with Gasteiger partial charge >= 0.3 is 0 Å². The minimum atomic E-state index is -0.855. The second kappa shape index (κ2) is 12.3. The highest BCUT2D eigenvalue weighted by Crippen LogP contribution is 2.42. The van der Waals surface area contributed by atoms with Crippen LogP contribution in [0.4, 0.5) is 0 Å². The number of hydrogen-bond donors (Lipinski definition) is 0. The van der Waals surface area contributed by atoms with Crippen molar-refractivity contribution in [3.05, 3.63) is 188 Å². The van der Waals surface area contributed by atoms with Crippen LogP contribution < -0.4 is 0 Å². The van der Waals surface area contributed by atoms with Crippen LogP contribution in [0.2, 0.25) is 0 Å². The normalized spacial score (nSPS) is 17.3. The third-order valence-corrected chi connectivity index (χ3v) is 9.68. The number of hydrogen-bond acceptors (Lipinski definition) is 4. The van der Waals surface area contributed by atoms with Gasteiger partial charge in [0, 0.05) is 45.1 Å². The lowest BCUT2D eigenvalue weighted by molar-refractivity contribution is 0.993. The molecule has 0 fully saturated rings. The monoisotopic (exact) mass is 751 g/mol. The van der Waals surface area contributed by atoms with Crippen LogP contribution in [0, 0.1) is 0 Å². The summed E-state index contributed by atoms with van der Waals surface area (Å²) in [5, 5.41) is -0.873. The molecule has 57 heavy (non-hydrogen) atoms. The molecule has 7 nitrogen and oxygen atoms in total. The lowest BCUT2D eigenvalue weighted by Gasteiger charge is -2.21. The first kappa shape index (κ1) is 16.9. The van der Waals surface area contributed by atoms with Crippen molar-refractivity contribution in [2.75, 3.05) is 0 Å². The van der Waals surface area contributed by atoms with Crippen molar-refractivity contribution in [3.63, 3.8) is 0 Å². The van der Waals surface area contributed by atoms with Gasteiger partial charge in [-0.15, -0.1) is 0 Å². The fourth-order valence-electron chi connectivity index (χ4n) is 7.42. The molecule has 0 saturated heterocycles. The third kappa shape index (κ3) is 4.66. The Labute approximate surface area is 357 Å². The molecule has 0 aliphatic carbocycles. The van der Waals surface area contributed by atoms with E-state index < -0.39 is 178 Å². The molecule has 0 spiro atoms. The highest BCUT2D eigenvalue weighted by atomic mass is 15.2. The Bertz CT molecular complexity index is 4730. The van der Waals surface area contributed by atoms with Gasteiger partial charge < -0.3 is 9.13 Å². The van der Waals surface area contributed by atoms with Crippen LogP contribution in [0.25, 0.3) is 106 Å². The molecular weight excluding hydrogens is 699 g/mol. The maximum absolute atomic E-state index is 10.2. The van der Waals surface area contributed by atoms with Gasteiger partial charge in [0.25, 0.3) is 0 Å². The predicted octanol–water partition coefficient (Wildman–Crippen LogP) is 11.9. The Morgan fingerprint density at radius 1 is 0.421 bits per heavy atom. The van der Waals surface area contributed by atoms with Gasteiger partial charge in [0.15, 0.2) is 0 Å². The highest BCUT2D eigenvalue weighted by Gasteiger charge is 2.25. The van der Waals surface area contributed by atoms with Gasteiger partial charge in [0.2, 0.25) is 5.95 Å². The van der Waals surface area contributed by atoms with Crippen molar-refractivity contribution in [1.29, 1.82) is 0 Å². The first-order valence-electron chi connectivity index (χ1n) is 28.3. The van der Waals surface area contributed by atoms with E-state index in [-0.39, 0.29) is 60.8 Å². The van der Waals surface area contributed by atoms with E-state index in [1.165, 1.54) is 45.8 Å². The van der Waals surface area contributed by atoms with E-state index in [0.29, 0.717) is 0 Å². The van der Waals surface area contributed by atoms with E-state index in [2.05, 4.69) is 15.0 Å². The van der Waals surface area contributed by atoms with Crippen LogP contribution in [0.5, 0.6) is 0 Å². The zero-order valence-electron chi connectivity index (χ0n) is 50.8. The molecule has 0 amide bonds. The van der Waals surface area contributed by atoms with Crippen LogP contribution in [-0.4, -0.2) is 33.6 Å². The van der Waals surface area contributed by atoms with Gasteiger partial charge in [-0.2, -0.15) is 0 Å². The Morgan fingerprint density at radius 2 is 0.930 bits per heavy atom. The maximum atomic E-state index is 10.2. The number of rotatable bonds is 5. The van der Waals surface area contributed by atoms with Gasteiger partial charge in [0.05, 0.1) is 97.1 Å². The van der Waals surface area contributed by atoms with Crippen molar-refractivity contribution in [3.8, 4) is 39.8 Å². The fourth-order valence-corrected chi connectivity index (χ4v) is 7.42. The molecule has 0 aliphatic rings. The molecule has 6 aromatic heterocycles. The number of para-hydroxylation sites is 5. The van der Waals surface area contributed by atoms with Crippen LogP contribution in [-0.2, 0) is 0 Å².